The quantitative estimate of drug-likeness (QED) is 0.839. The molecule has 3 nitrogen and oxygen atoms in total. The molecule has 0 unspecified atom stereocenters. The van der Waals surface area contributed by atoms with Crippen molar-refractivity contribution in [1.29, 1.82) is 0 Å². The predicted molar refractivity (Wildman–Crippen MR) is 81.7 cm³/mol. The molecule has 1 aromatic rings. The van der Waals surface area contributed by atoms with Gasteiger partial charge in [-0.3, -0.25) is 4.79 Å². The standard InChI is InChI=1S/C15H22N2OS/c1-16-11-10-15(18)17-12-6-8-14(9-7-12)19-13-4-2-3-5-13/h6-9,13,16H,2-5,10-11H2,1H3,(H,17,18). The first-order chi connectivity index (χ1) is 9.28. The maximum absolute atomic E-state index is 11.6. The minimum Gasteiger partial charge on any atom is -0.326 e. The van der Waals surface area contributed by atoms with Gasteiger partial charge in [-0.15, -0.1) is 11.8 Å². The molecule has 1 aliphatic rings. The molecule has 2 rings (SSSR count). The molecular weight excluding hydrogens is 256 g/mol. The lowest BCUT2D eigenvalue weighted by atomic mass is 10.3. The Balaban J connectivity index is 1.82. The van der Waals surface area contributed by atoms with E-state index >= 15 is 0 Å². The molecule has 104 valence electrons. The fraction of sp³-hybridized carbons (Fsp3) is 0.533. The van der Waals surface area contributed by atoms with Crippen molar-refractivity contribution in [3.8, 4) is 0 Å². The third-order valence-corrected chi connectivity index (χ3v) is 4.69. The summed E-state index contributed by atoms with van der Waals surface area (Å²) in [5.74, 6) is 0.0607. The van der Waals surface area contributed by atoms with Crippen molar-refractivity contribution in [3.05, 3.63) is 24.3 Å². The van der Waals surface area contributed by atoms with Crippen LogP contribution in [0.25, 0.3) is 0 Å². The zero-order valence-electron chi connectivity index (χ0n) is 11.4. The smallest absolute Gasteiger partial charge is 0.225 e. The predicted octanol–water partition coefficient (Wildman–Crippen LogP) is 3.27. The summed E-state index contributed by atoms with van der Waals surface area (Å²) >= 11 is 1.97. The molecule has 1 amide bonds. The number of rotatable bonds is 6. The van der Waals surface area contributed by atoms with Crippen molar-refractivity contribution >= 4 is 23.4 Å². The number of nitrogens with one attached hydrogen (secondary N) is 2. The van der Waals surface area contributed by atoms with E-state index < -0.39 is 0 Å². The van der Waals surface area contributed by atoms with Crippen LogP contribution < -0.4 is 10.6 Å². The molecular formula is C15H22N2OS. The van der Waals surface area contributed by atoms with E-state index in [-0.39, 0.29) is 5.91 Å². The summed E-state index contributed by atoms with van der Waals surface area (Å²) in [4.78, 5) is 12.9. The number of anilines is 1. The van der Waals surface area contributed by atoms with E-state index in [0.29, 0.717) is 13.0 Å². The van der Waals surface area contributed by atoms with Crippen molar-refractivity contribution in [2.75, 3.05) is 18.9 Å². The number of benzene rings is 1. The second-order valence-corrected chi connectivity index (χ2v) is 6.32. The molecule has 0 spiro atoms. The van der Waals surface area contributed by atoms with Gasteiger partial charge in [0, 0.05) is 28.8 Å². The number of hydrogen-bond donors (Lipinski definition) is 2. The third kappa shape index (κ3) is 4.88. The van der Waals surface area contributed by atoms with Gasteiger partial charge < -0.3 is 10.6 Å². The maximum atomic E-state index is 11.6. The molecule has 0 aliphatic heterocycles. The Bertz CT molecular complexity index is 399. The van der Waals surface area contributed by atoms with Crippen LogP contribution in [-0.2, 0) is 4.79 Å². The average Bonchev–Trinajstić information content (AvgIpc) is 2.91. The van der Waals surface area contributed by atoms with Crippen LogP contribution in [0.2, 0.25) is 0 Å². The normalized spacial score (nSPS) is 15.6. The molecule has 4 heteroatoms. The van der Waals surface area contributed by atoms with Gasteiger partial charge in [0.05, 0.1) is 0 Å². The Hall–Kier alpha value is -1.00. The van der Waals surface area contributed by atoms with Crippen LogP contribution in [0.1, 0.15) is 32.1 Å². The Morgan fingerprint density at radius 2 is 1.95 bits per heavy atom. The van der Waals surface area contributed by atoms with Crippen molar-refractivity contribution < 1.29 is 4.79 Å². The number of carbonyl (C=O) groups is 1. The van der Waals surface area contributed by atoms with Crippen LogP contribution in [0.4, 0.5) is 5.69 Å². The van der Waals surface area contributed by atoms with Crippen molar-refractivity contribution in [2.24, 2.45) is 0 Å². The molecule has 0 bridgehead atoms. The second kappa shape index (κ2) is 7.56. The molecule has 0 aromatic heterocycles. The molecule has 1 saturated carbocycles. The van der Waals surface area contributed by atoms with Crippen LogP contribution in [0.3, 0.4) is 0 Å². The topological polar surface area (TPSA) is 41.1 Å². The summed E-state index contributed by atoms with van der Waals surface area (Å²) in [6.45, 7) is 0.710. The minimum absolute atomic E-state index is 0.0607. The first-order valence-electron chi connectivity index (χ1n) is 6.99. The molecule has 0 atom stereocenters. The lowest BCUT2D eigenvalue weighted by molar-refractivity contribution is -0.116. The number of carbonyl (C=O) groups excluding carboxylic acids is 1. The monoisotopic (exact) mass is 278 g/mol. The molecule has 1 fully saturated rings. The summed E-state index contributed by atoms with van der Waals surface area (Å²) in [5, 5.41) is 6.67. The van der Waals surface area contributed by atoms with Crippen LogP contribution in [0.5, 0.6) is 0 Å². The highest BCUT2D eigenvalue weighted by Crippen LogP contribution is 2.34. The van der Waals surface area contributed by atoms with Gasteiger partial charge in [-0.25, -0.2) is 0 Å². The zero-order chi connectivity index (χ0) is 13.5. The summed E-state index contributed by atoms with van der Waals surface area (Å²) in [5.41, 5.74) is 0.886. The van der Waals surface area contributed by atoms with Gasteiger partial charge in [0.1, 0.15) is 0 Å². The van der Waals surface area contributed by atoms with Gasteiger partial charge in [0.15, 0.2) is 0 Å². The van der Waals surface area contributed by atoms with Crippen molar-refractivity contribution in [3.63, 3.8) is 0 Å². The number of amides is 1. The molecule has 2 N–H and O–H groups in total. The third-order valence-electron chi connectivity index (χ3n) is 3.35. The summed E-state index contributed by atoms with van der Waals surface area (Å²) in [6.07, 6.45) is 5.93. The maximum Gasteiger partial charge on any atom is 0.225 e. The molecule has 1 aliphatic carbocycles. The average molecular weight is 278 g/mol. The molecule has 0 saturated heterocycles. The van der Waals surface area contributed by atoms with Gasteiger partial charge in [0.25, 0.3) is 0 Å². The molecule has 0 heterocycles. The largest absolute Gasteiger partial charge is 0.326 e. The highest BCUT2D eigenvalue weighted by atomic mass is 32.2. The second-order valence-electron chi connectivity index (χ2n) is 4.95. The van der Waals surface area contributed by atoms with Crippen LogP contribution in [-0.4, -0.2) is 24.7 Å². The van der Waals surface area contributed by atoms with E-state index in [9.17, 15) is 4.79 Å². The molecule has 1 aromatic carbocycles. The number of hydrogen-bond acceptors (Lipinski definition) is 3. The summed E-state index contributed by atoms with van der Waals surface area (Å²) in [6, 6.07) is 8.20. The lowest BCUT2D eigenvalue weighted by Gasteiger charge is -2.10. The Morgan fingerprint density at radius 3 is 2.58 bits per heavy atom. The van der Waals surface area contributed by atoms with Crippen LogP contribution in [0, 0.1) is 0 Å². The van der Waals surface area contributed by atoms with Gasteiger partial charge in [-0.1, -0.05) is 12.8 Å². The van der Waals surface area contributed by atoms with E-state index in [0.717, 1.165) is 10.9 Å². The van der Waals surface area contributed by atoms with Crippen LogP contribution in [0.15, 0.2) is 29.2 Å². The van der Waals surface area contributed by atoms with E-state index in [1.165, 1.54) is 30.6 Å². The molecule has 0 radical (unpaired) electrons. The SMILES string of the molecule is CNCCC(=O)Nc1ccc(SC2CCCC2)cc1. The van der Waals surface area contributed by atoms with E-state index in [2.05, 4.69) is 22.8 Å². The number of thioether (sulfide) groups is 1. The Labute approximate surface area is 119 Å². The Morgan fingerprint density at radius 1 is 1.26 bits per heavy atom. The highest BCUT2D eigenvalue weighted by Gasteiger charge is 2.15. The first-order valence-corrected chi connectivity index (χ1v) is 7.87. The minimum atomic E-state index is 0.0607. The fourth-order valence-corrected chi connectivity index (χ4v) is 3.52. The highest BCUT2D eigenvalue weighted by molar-refractivity contribution is 8.00. The van der Waals surface area contributed by atoms with Gasteiger partial charge in [-0.2, -0.15) is 0 Å². The van der Waals surface area contributed by atoms with Crippen molar-refractivity contribution in [2.45, 2.75) is 42.2 Å². The first kappa shape index (κ1) is 14.4. The summed E-state index contributed by atoms with van der Waals surface area (Å²) < 4.78 is 0. The Kier molecular flexibility index (Phi) is 5.73. The van der Waals surface area contributed by atoms with E-state index in [1.54, 1.807) is 0 Å². The van der Waals surface area contributed by atoms with Gasteiger partial charge >= 0.3 is 0 Å². The fourth-order valence-electron chi connectivity index (χ4n) is 2.28. The van der Waals surface area contributed by atoms with E-state index in [4.69, 9.17) is 0 Å². The van der Waals surface area contributed by atoms with E-state index in [1.807, 2.05) is 30.9 Å². The van der Waals surface area contributed by atoms with Crippen LogP contribution >= 0.6 is 11.8 Å². The zero-order valence-corrected chi connectivity index (χ0v) is 12.3. The van der Waals surface area contributed by atoms with Gasteiger partial charge in [-0.05, 0) is 44.2 Å². The van der Waals surface area contributed by atoms with Gasteiger partial charge in [0.2, 0.25) is 5.91 Å². The summed E-state index contributed by atoms with van der Waals surface area (Å²) in [7, 11) is 1.85. The molecule has 19 heavy (non-hydrogen) atoms. The van der Waals surface area contributed by atoms with Crippen molar-refractivity contribution in [1.82, 2.24) is 5.32 Å². The lowest BCUT2D eigenvalue weighted by Crippen LogP contribution is -2.18.